The molecule has 0 saturated heterocycles. The molecule has 0 atom stereocenters. The molecule has 0 bridgehead atoms. The molecule has 2 rings (SSSR count). The van der Waals surface area contributed by atoms with Crippen LogP contribution in [-0.4, -0.2) is 18.4 Å². The molecule has 0 amide bonds. The van der Waals surface area contributed by atoms with Crippen LogP contribution in [0.4, 0.5) is 5.69 Å². The van der Waals surface area contributed by atoms with Crippen molar-refractivity contribution >= 4 is 27.8 Å². The van der Waals surface area contributed by atoms with E-state index in [-0.39, 0.29) is 5.75 Å². The summed E-state index contributed by atoms with van der Waals surface area (Å²) in [5.41, 5.74) is 5.41. The van der Waals surface area contributed by atoms with Gasteiger partial charge in [0.15, 0.2) is 11.5 Å². The van der Waals surface area contributed by atoms with E-state index in [1.807, 2.05) is 30.3 Å². The van der Waals surface area contributed by atoms with Gasteiger partial charge in [0.1, 0.15) is 0 Å². The van der Waals surface area contributed by atoms with Crippen molar-refractivity contribution in [1.82, 2.24) is 0 Å². The van der Waals surface area contributed by atoms with Crippen molar-refractivity contribution < 1.29 is 9.84 Å². The fourth-order valence-electron chi connectivity index (χ4n) is 1.94. The van der Waals surface area contributed by atoms with Crippen LogP contribution < -0.4 is 10.2 Å². The summed E-state index contributed by atoms with van der Waals surface area (Å²) in [6, 6.07) is 11.3. The maximum absolute atomic E-state index is 10.0. The molecule has 0 aliphatic carbocycles. The number of halogens is 1. The summed E-state index contributed by atoms with van der Waals surface area (Å²) in [5, 5.41) is 14.2. The number of aromatic hydroxyl groups is 1. The zero-order valence-electron chi connectivity index (χ0n) is 12.2. The highest BCUT2D eigenvalue weighted by atomic mass is 79.9. The fourth-order valence-corrected chi connectivity index (χ4v) is 2.20. The first-order chi connectivity index (χ1) is 10.6. The minimum atomic E-state index is 0.139. The Balaban J connectivity index is 2.17. The third-order valence-electron chi connectivity index (χ3n) is 3.01. The van der Waals surface area contributed by atoms with Gasteiger partial charge in [-0.1, -0.05) is 22.0 Å². The maximum atomic E-state index is 10.0. The Labute approximate surface area is 138 Å². The van der Waals surface area contributed by atoms with E-state index >= 15 is 0 Å². The highest BCUT2D eigenvalue weighted by Crippen LogP contribution is 2.31. The number of hydrazone groups is 1. The molecule has 0 heterocycles. The van der Waals surface area contributed by atoms with Crippen LogP contribution in [0.1, 0.15) is 11.1 Å². The third kappa shape index (κ3) is 4.11. The molecule has 0 spiro atoms. The van der Waals surface area contributed by atoms with E-state index in [0.29, 0.717) is 12.2 Å². The molecule has 5 heteroatoms. The van der Waals surface area contributed by atoms with Crippen LogP contribution in [0.5, 0.6) is 11.5 Å². The number of hydrogen-bond acceptors (Lipinski definition) is 4. The van der Waals surface area contributed by atoms with E-state index in [2.05, 4.69) is 33.0 Å². The van der Waals surface area contributed by atoms with Gasteiger partial charge in [0, 0.05) is 10.0 Å². The minimum absolute atomic E-state index is 0.139. The number of hydrogen-bond donors (Lipinski definition) is 2. The van der Waals surface area contributed by atoms with Crippen LogP contribution in [0.25, 0.3) is 0 Å². The molecule has 114 valence electrons. The topological polar surface area (TPSA) is 53.9 Å². The smallest absolute Gasteiger partial charge is 0.161 e. The molecule has 2 aromatic rings. The molecule has 22 heavy (non-hydrogen) atoms. The highest BCUT2D eigenvalue weighted by molar-refractivity contribution is 9.10. The second-order valence-corrected chi connectivity index (χ2v) is 5.52. The van der Waals surface area contributed by atoms with Gasteiger partial charge in [-0.2, -0.15) is 5.10 Å². The maximum Gasteiger partial charge on any atom is 0.161 e. The molecule has 0 saturated carbocycles. The molecule has 2 aromatic carbocycles. The lowest BCUT2D eigenvalue weighted by Crippen LogP contribution is -1.95. The van der Waals surface area contributed by atoms with Crippen LogP contribution in [0, 0.1) is 0 Å². The van der Waals surface area contributed by atoms with Gasteiger partial charge < -0.3 is 9.84 Å². The van der Waals surface area contributed by atoms with Crippen LogP contribution in [0.15, 0.2) is 58.6 Å². The van der Waals surface area contributed by atoms with E-state index in [9.17, 15) is 5.11 Å². The van der Waals surface area contributed by atoms with Gasteiger partial charge in [0.05, 0.1) is 19.0 Å². The summed E-state index contributed by atoms with van der Waals surface area (Å²) in [4.78, 5) is 0. The van der Waals surface area contributed by atoms with Gasteiger partial charge in [-0.25, -0.2) is 0 Å². The van der Waals surface area contributed by atoms with E-state index < -0.39 is 0 Å². The molecular formula is C17H17BrN2O2. The number of phenolic OH excluding ortho intramolecular Hbond substituents is 1. The molecule has 0 aromatic heterocycles. The number of nitrogens with zero attached hydrogens (tertiary/aromatic N) is 1. The average Bonchev–Trinajstić information content (AvgIpc) is 2.52. The first-order valence-corrected chi connectivity index (χ1v) is 7.48. The van der Waals surface area contributed by atoms with Gasteiger partial charge >= 0.3 is 0 Å². The first-order valence-electron chi connectivity index (χ1n) is 6.69. The second-order valence-electron chi connectivity index (χ2n) is 4.60. The molecule has 0 unspecified atom stereocenters. The Morgan fingerprint density at radius 1 is 1.32 bits per heavy atom. The third-order valence-corrected chi connectivity index (χ3v) is 3.54. The van der Waals surface area contributed by atoms with Crippen LogP contribution in [0.2, 0.25) is 0 Å². The Kier molecular flexibility index (Phi) is 5.61. The summed E-state index contributed by atoms with van der Waals surface area (Å²) < 4.78 is 6.19. The van der Waals surface area contributed by atoms with Crippen LogP contribution >= 0.6 is 15.9 Å². The first kappa shape index (κ1) is 16.1. The number of benzene rings is 2. The van der Waals surface area contributed by atoms with Gasteiger partial charge in [-0.15, -0.1) is 6.58 Å². The van der Waals surface area contributed by atoms with Crippen LogP contribution in [-0.2, 0) is 6.42 Å². The molecule has 2 N–H and O–H groups in total. The molecule has 0 aliphatic heterocycles. The zero-order chi connectivity index (χ0) is 15.9. The number of phenols is 1. The van der Waals surface area contributed by atoms with Crippen molar-refractivity contribution in [3.05, 3.63) is 64.7 Å². The number of ether oxygens (including phenoxy) is 1. The number of allylic oxidation sites excluding steroid dienone is 1. The molecular weight excluding hydrogens is 344 g/mol. The van der Waals surface area contributed by atoms with Crippen molar-refractivity contribution in [2.75, 3.05) is 12.5 Å². The van der Waals surface area contributed by atoms with Gasteiger partial charge in [0.2, 0.25) is 0 Å². The van der Waals surface area contributed by atoms with Crippen LogP contribution in [0.3, 0.4) is 0 Å². The monoisotopic (exact) mass is 360 g/mol. The fraction of sp³-hybridized carbons (Fsp3) is 0.118. The van der Waals surface area contributed by atoms with Gasteiger partial charge in [-0.05, 0) is 48.4 Å². The van der Waals surface area contributed by atoms with Gasteiger partial charge in [0.25, 0.3) is 0 Å². The second kappa shape index (κ2) is 7.66. The summed E-state index contributed by atoms with van der Waals surface area (Å²) in [5.74, 6) is 0.560. The minimum Gasteiger partial charge on any atom is -0.504 e. The van der Waals surface area contributed by atoms with E-state index in [0.717, 1.165) is 21.3 Å². The summed E-state index contributed by atoms with van der Waals surface area (Å²) in [6.45, 7) is 3.69. The zero-order valence-corrected chi connectivity index (χ0v) is 13.8. The van der Waals surface area contributed by atoms with E-state index in [1.54, 1.807) is 18.4 Å². The SMILES string of the molecule is C=CCc1cc(/C=N/Nc2ccc(Br)cc2)cc(OC)c1O. The summed E-state index contributed by atoms with van der Waals surface area (Å²) >= 11 is 3.38. The van der Waals surface area contributed by atoms with Gasteiger partial charge in [-0.3, -0.25) is 5.43 Å². The van der Waals surface area contributed by atoms with Crippen molar-refractivity contribution in [1.29, 1.82) is 0 Å². The van der Waals surface area contributed by atoms with Crippen molar-refractivity contribution in [3.63, 3.8) is 0 Å². The molecule has 0 fully saturated rings. The Bertz CT molecular complexity index is 682. The Morgan fingerprint density at radius 2 is 2.05 bits per heavy atom. The number of anilines is 1. The lowest BCUT2D eigenvalue weighted by atomic mass is 10.1. The predicted molar refractivity (Wildman–Crippen MR) is 93.9 cm³/mol. The van der Waals surface area contributed by atoms with E-state index in [4.69, 9.17) is 4.74 Å². The predicted octanol–water partition coefficient (Wildman–Crippen LogP) is 4.34. The van der Waals surface area contributed by atoms with Crippen molar-refractivity contribution in [3.8, 4) is 11.5 Å². The van der Waals surface area contributed by atoms with E-state index in [1.165, 1.54) is 7.11 Å². The highest BCUT2D eigenvalue weighted by Gasteiger charge is 2.08. The largest absolute Gasteiger partial charge is 0.504 e. The Morgan fingerprint density at radius 3 is 2.68 bits per heavy atom. The number of nitrogens with one attached hydrogen (secondary N) is 1. The molecule has 0 radical (unpaired) electrons. The normalized spacial score (nSPS) is 10.6. The quantitative estimate of drug-likeness (QED) is 0.457. The van der Waals surface area contributed by atoms with Crippen molar-refractivity contribution in [2.45, 2.75) is 6.42 Å². The number of methoxy groups -OCH3 is 1. The average molecular weight is 361 g/mol. The molecule has 0 aliphatic rings. The lowest BCUT2D eigenvalue weighted by Gasteiger charge is -2.09. The standard InChI is InChI=1S/C17H17BrN2O2/c1-3-4-13-9-12(10-16(22-2)17(13)21)11-19-20-15-7-5-14(18)6-8-15/h3,5-11,20-21H,1,4H2,2H3/b19-11+. The molecule has 4 nitrogen and oxygen atoms in total. The number of rotatable bonds is 6. The Hall–Kier alpha value is -2.27. The summed E-state index contributed by atoms with van der Waals surface area (Å²) in [6.07, 6.45) is 3.97. The lowest BCUT2D eigenvalue weighted by molar-refractivity contribution is 0.371. The summed E-state index contributed by atoms with van der Waals surface area (Å²) in [7, 11) is 1.52. The van der Waals surface area contributed by atoms with Crippen molar-refractivity contribution in [2.24, 2.45) is 5.10 Å².